The molecule has 0 saturated heterocycles. The summed E-state index contributed by atoms with van der Waals surface area (Å²) in [7, 11) is 0. The van der Waals surface area contributed by atoms with E-state index in [0.29, 0.717) is 0 Å². The SMILES string of the molecule is NC(=O)S.NC(=O)S.[CH-]=O.[Mn]. The van der Waals surface area contributed by atoms with Crippen molar-refractivity contribution in [1.29, 1.82) is 0 Å². The average Bonchev–Trinajstić information content (AvgIpc) is 1.66. The fourth-order valence-corrected chi connectivity index (χ4v) is 0. The standard InChI is InChI=1S/2CH3NOS.CHO.Mn/c2*2-1(3)4;1-2;/h2*(H3,2,3,4);1H;/q;;-1;. The van der Waals surface area contributed by atoms with E-state index in [4.69, 9.17) is 14.4 Å². The summed E-state index contributed by atoms with van der Waals surface area (Å²) >= 11 is 6.21. The number of carbonyl (C=O) groups is 2. The topological polar surface area (TPSA) is 103 Å². The fraction of sp³-hybridized carbons (Fsp3) is 0. The zero-order valence-corrected chi connectivity index (χ0v) is 8.20. The first kappa shape index (κ1) is 22.4. The van der Waals surface area contributed by atoms with Crippen LogP contribution in [0.4, 0.5) is 9.59 Å². The van der Waals surface area contributed by atoms with Gasteiger partial charge in [-0.25, -0.2) is 0 Å². The molecule has 8 heteroatoms. The summed E-state index contributed by atoms with van der Waals surface area (Å²) in [4.78, 5) is 25.9. The summed E-state index contributed by atoms with van der Waals surface area (Å²) in [6.45, 7) is 3.25. The van der Waals surface area contributed by atoms with Crippen molar-refractivity contribution in [1.82, 2.24) is 0 Å². The maximum atomic E-state index is 9.09. The first-order chi connectivity index (χ1) is 4.46. The molecule has 67 valence electrons. The minimum Gasteiger partial charge on any atom is -0.545 e. The second-order valence-electron chi connectivity index (χ2n) is 0.676. The van der Waals surface area contributed by atoms with Crippen LogP contribution in [-0.2, 0) is 21.9 Å². The van der Waals surface area contributed by atoms with Crippen molar-refractivity contribution >= 4 is 42.5 Å². The van der Waals surface area contributed by atoms with Gasteiger partial charge in [-0.15, -0.1) is 0 Å². The van der Waals surface area contributed by atoms with Crippen LogP contribution in [0.1, 0.15) is 0 Å². The van der Waals surface area contributed by atoms with Gasteiger partial charge in [0.05, 0.1) is 0 Å². The van der Waals surface area contributed by atoms with E-state index in [-0.39, 0.29) is 17.1 Å². The molecule has 11 heavy (non-hydrogen) atoms. The molecule has 1 radical (unpaired) electrons. The zero-order valence-electron chi connectivity index (χ0n) is 5.23. The zero-order chi connectivity index (χ0) is 9.15. The number of rotatable bonds is 0. The minimum absolute atomic E-state index is 0. The van der Waals surface area contributed by atoms with Gasteiger partial charge >= 0.3 is 0 Å². The van der Waals surface area contributed by atoms with Gasteiger partial charge in [0.1, 0.15) is 0 Å². The van der Waals surface area contributed by atoms with Crippen molar-refractivity contribution in [3.8, 4) is 0 Å². The Morgan fingerprint density at radius 2 is 1.00 bits per heavy atom. The first-order valence-electron chi connectivity index (χ1n) is 1.67. The molecule has 0 fully saturated rings. The van der Waals surface area contributed by atoms with E-state index >= 15 is 0 Å². The van der Waals surface area contributed by atoms with E-state index in [2.05, 4.69) is 43.5 Å². The van der Waals surface area contributed by atoms with Crippen LogP contribution in [0.2, 0.25) is 0 Å². The van der Waals surface area contributed by atoms with Crippen LogP contribution in [-0.4, -0.2) is 17.3 Å². The summed E-state index contributed by atoms with van der Waals surface area (Å²) in [6, 6.07) is 0. The predicted octanol–water partition coefficient (Wildman–Crippen LogP) is -0.287. The number of amides is 2. The minimum atomic E-state index is -0.639. The average molecular weight is 238 g/mol. The normalized spacial score (nSPS) is 4.91. The van der Waals surface area contributed by atoms with Crippen LogP contribution in [0.5, 0.6) is 0 Å². The van der Waals surface area contributed by atoms with E-state index < -0.39 is 10.5 Å². The Morgan fingerprint density at radius 3 is 1.00 bits per heavy atom. The molecular weight excluding hydrogens is 231 g/mol. The molecule has 0 aliphatic heterocycles. The molecule has 0 bridgehead atoms. The van der Waals surface area contributed by atoms with Crippen molar-refractivity contribution < 1.29 is 31.5 Å². The molecule has 5 nitrogen and oxygen atoms in total. The Labute approximate surface area is 85.6 Å². The molecule has 4 N–H and O–H groups in total. The van der Waals surface area contributed by atoms with Crippen molar-refractivity contribution in [2.75, 3.05) is 0 Å². The van der Waals surface area contributed by atoms with Gasteiger partial charge in [0.15, 0.2) is 0 Å². The van der Waals surface area contributed by atoms with Gasteiger partial charge in [0.2, 0.25) is 0 Å². The Kier molecular flexibility index (Phi) is 46.0. The monoisotopic (exact) mass is 238 g/mol. The maximum Gasteiger partial charge on any atom is 0.273 e. The van der Waals surface area contributed by atoms with Crippen molar-refractivity contribution in [3.05, 3.63) is 0 Å². The van der Waals surface area contributed by atoms with Gasteiger partial charge in [0, 0.05) is 17.1 Å². The second-order valence-corrected chi connectivity index (χ2v) is 1.56. The van der Waals surface area contributed by atoms with Crippen LogP contribution < -0.4 is 11.5 Å². The van der Waals surface area contributed by atoms with Crippen LogP contribution >= 0.6 is 25.3 Å². The van der Waals surface area contributed by atoms with Crippen LogP contribution in [0.15, 0.2) is 0 Å². The molecule has 0 heterocycles. The summed E-state index contributed by atoms with van der Waals surface area (Å²) in [5, 5.41) is -1.28. The Bertz CT molecular complexity index is 92.8. The van der Waals surface area contributed by atoms with E-state index in [0.717, 1.165) is 0 Å². The van der Waals surface area contributed by atoms with Crippen molar-refractivity contribution in [3.63, 3.8) is 0 Å². The number of carbonyl (C=O) groups excluding carboxylic acids is 3. The van der Waals surface area contributed by atoms with Crippen LogP contribution in [0, 0.1) is 0 Å². The van der Waals surface area contributed by atoms with Crippen LogP contribution in [0.25, 0.3) is 0 Å². The largest absolute Gasteiger partial charge is 0.545 e. The van der Waals surface area contributed by atoms with E-state index in [1.54, 1.807) is 0 Å². The van der Waals surface area contributed by atoms with Crippen molar-refractivity contribution in [2.45, 2.75) is 0 Å². The van der Waals surface area contributed by atoms with Gasteiger partial charge in [-0.2, -0.15) is 0 Å². The summed E-state index contributed by atoms with van der Waals surface area (Å²) in [5.41, 5.74) is 8.67. The molecule has 0 aromatic rings. The molecule has 2 amide bonds. The van der Waals surface area contributed by atoms with E-state index in [1.807, 2.05) is 0 Å². The second kappa shape index (κ2) is 22.5. The first-order valence-corrected chi connectivity index (χ1v) is 2.56. The number of thiol groups is 2. The van der Waals surface area contributed by atoms with Crippen LogP contribution in [0.3, 0.4) is 0 Å². The van der Waals surface area contributed by atoms with Gasteiger partial charge in [-0.05, 0) is 0 Å². The quantitative estimate of drug-likeness (QED) is 0.202. The number of hydrogen-bond donors (Lipinski definition) is 4. The summed E-state index contributed by atoms with van der Waals surface area (Å²) < 4.78 is 0. The molecule has 0 unspecified atom stereocenters. The molecule has 0 aliphatic carbocycles. The Balaban J connectivity index is -0.0000000339. The van der Waals surface area contributed by atoms with E-state index in [1.165, 1.54) is 0 Å². The third-order valence-corrected chi connectivity index (χ3v) is 0. The van der Waals surface area contributed by atoms with Crippen molar-refractivity contribution in [2.24, 2.45) is 11.5 Å². The smallest absolute Gasteiger partial charge is 0.273 e. The van der Waals surface area contributed by atoms with Gasteiger partial charge in [-0.3, -0.25) is 16.4 Å². The number of nitrogens with two attached hydrogens (primary N) is 2. The number of primary amides is 2. The third kappa shape index (κ3) is 20700. The van der Waals surface area contributed by atoms with E-state index in [9.17, 15) is 0 Å². The maximum absolute atomic E-state index is 9.09. The third-order valence-electron chi connectivity index (χ3n) is 0. The Morgan fingerprint density at radius 1 is 1.00 bits per heavy atom. The molecule has 0 aliphatic rings. The van der Waals surface area contributed by atoms with Gasteiger partial charge in [0.25, 0.3) is 10.5 Å². The number of hydrogen-bond acceptors (Lipinski definition) is 3. The predicted molar refractivity (Wildman–Crippen MR) is 43.9 cm³/mol. The summed E-state index contributed by atoms with van der Waals surface area (Å²) in [5.74, 6) is 0. The molecule has 0 aromatic heterocycles. The molecule has 0 atom stereocenters. The Hall–Kier alpha value is -0.171. The molecular formula is C3H7MnN2O3S2-. The van der Waals surface area contributed by atoms with Gasteiger partial charge in [-0.1, -0.05) is 25.3 Å². The molecule has 0 saturated carbocycles. The fourth-order valence-electron chi connectivity index (χ4n) is 0. The molecule has 0 aromatic carbocycles. The summed E-state index contributed by atoms with van der Waals surface area (Å²) in [6.07, 6.45) is 0. The molecule has 0 rings (SSSR count). The van der Waals surface area contributed by atoms with Gasteiger partial charge < -0.3 is 16.3 Å². The molecule has 0 spiro atoms.